The number of halogens is 1. The van der Waals surface area contributed by atoms with E-state index in [9.17, 15) is 4.79 Å². The zero-order valence-corrected chi connectivity index (χ0v) is 10.7. The Morgan fingerprint density at radius 1 is 1.25 bits per heavy atom. The highest BCUT2D eigenvalue weighted by molar-refractivity contribution is 5.85. The minimum atomic E-state index is 0. The van der Waals surface area contributed by atoms with E-state index in [4.69, 9.17) is 0 Å². The number of hydrogen-bond donors (Lipinski definition) is 2. The van der Waals surface area contributed by atoms with Gasteiger partial charge in [-0.1, -0.05) is 0 Å². The van der Waals surface area contributed by atoms with Gasteiger partial charge >= 0.3 is 0 Å². The average Bonchev–Trinajstić information content (AvgIpc) is 3.03. The number of nitrogens with one attached hydrogen (secondary N) is 2. The maximum absolute atomic E-state index is 11.4. The highest BCUT2D eigenvalue weighted by atomic mass is 35.5. The molecule has 2 N–H and O–H groups in total. The normalized spacial score (nSPS) is 24.6. The fraction of sp³-hybridized carbons (Fsp3) is 0.917. The zero-order chi connectivity index (χ0) is 10.5. The van der Waals surface area contributed by atoms with Gasteiger partial charge < -0.3 is 10.6 Å². The second-order valence-corrected chi connectivity index (χ2v) is 5.00. The second kappa shape index (κ2) is 7.13. The summed E-state index contributed by atoms with van der Waals surface area (Å²) in [5, 5.41) is 6.44. The molecule has 1 saturated carbocycles. The van der Waals surface area contributed by atoms with Gasteiger partial charge in [0, 0.05) is 13.0 Å². The first-order valence-corrected chi connectivity index (χ1v) is 6.32. The van der Waals surface area contributed by atoms with Crippen LogP contribution in [-0.4, -0.2) is 25.5 Å². The van der Waals surface area contributed by atoms with Crippen LogP contribution < -0.4 is 10.6 Å². The lowest BCUT2D eigenvalue weighted by atomic mass is 9.96. The summed E-state index contributed by atoms with van der Waals surface area (Å²) >= 11 is 0. The first-order chi connectivity index (χ1) is 7.34. The molecule has 2 rings (SSSR count). The third-order valence-corrected chi connectivity index (χ3v) is 3.44. The quantitative estimate of drug-likeness (QED) is 0.776. The van der Waals surface area contributed by atoms with E-state index in [1.54, 1.807) is 0 Å². The predicted octanol–water partition coefficient (Wildman–Crippen LogP) is 1.71. The van der Waals surface area contributed by atoms with Crippen molar-refractivity contribution in [3.8, 4) is 0 Å². The Morgan fingerprint density at radius 3 is 2.69 bits per heavy atom. The van der Waals surface area contributed by atoms with Gasteiger partial charge in [0.25, 0.3) is 0 Å². The summed E-state index contributed by atoms with van der Waals surface area (Å²) < 4.78 is 0. The topological polar surface area (TPSA) is 41.1 Å². The van der Waals surface area contributed by atoms with Crippen molar-refractivity contribution in [3.63, 3.8) is 0 Å². The fourth-order valence-electron chi connectivity index (χ4n) is 2.24. The van der Waals surface area contributed by atoms with Crippen molar-refractivity contribution in [3.05, 3.63) is 0 Å². The van der Waals surface area contributed by atoms with Gasteiger partial charge in [-0.2, -0.15) is 0 Å². The lowest BCUT2D eigenvalue weighted by Gasteiger charge is -2.22. The number of amides is 1. The third-order valence-electron chi connectivity index (χ3n) is 3.44. The van der Waals surface area contributed by atoms with Gasteiger partial charge in [-0.05, 0) is 57.0 Å². The monoisotopic (exact) mass is 246 g/mol. The molecular weight excluding hydrogens is 224 g/mol. The minimum absolute atomic E-state index is 0. The van der Waals surface area contributed by atoms with Gasteiger partial charge in [0.1, 0.15) is 0 Å². The van der Waals surface area contributed by atoms with Gasteiger partial charge in [-0.25, -0.2) is 0 Å². The summed E-state index contributed by atoms with van der Waals surface area (Å²) in [4.78, 5) is 11.4. The zero-order valence-electron chi connectivity index (χ0n) is 9.84. The first-order valence-electron chi connectivity index (χ1n) is 6.32. The molecule has 0 spiro atoms. The van der Waals surface area contributed by atoms with Crippen molar-refractivity contribution in [2.45, 2.75) is 38.5 Å². The molecule has 1 aliphatic heterocycles. The Bertz CT molecular complexity index is 213. The van der Waals surface area contributed by atoms with E-state index in [0.717, 1.165) is 31.8 Å². The molecule has 1 unspecified atom stereocenters. The maximum Gasteiger partial charge on any atom is 0.220 e. The molecule has 4 heteroatoms. The molecule has 0 bridgehead atoms. The van der Waals surface area contributed by atoms with Crippen molar-refractivity contribution >= 4 is 18.3 Å². The van der Waals surface area contributed by atoms with Gasteiger partial charge in [0.05, 0.1) is 0 Å². The van der Waals surface area contributed by atoms with Gasteiger partial charge in [-0.15, -0.1) is 12.4 Å². The highest BCUT2D eigenvalue weighted by Gasteiger charge is 2.24. The summed E-state index contributed by atoms with van der Waals surface area (Å²) in [6, 6.07) is 0. The second-order valence-electron chi connectivity index (χ2n) is 5.00. The van der Waals surface area contributed by atoms with Crippen LogP contribution in [0.1, 0.15) is 38.5 Å². The Morgan fingerprint density at radius 2 is 2.06 bits per heavy atom. The molecule has 0 aromatic carbocycles. The van der Waals surface area contributed by atoms with Crippen LogP contribution in [-0.2, 0) is 4.79 Å². The van der Waals surface area contributed by atoms with Crippen LogP contribution in [0.4, 0.5) is 0 Å². The molecule has 16 heavy (non-hydrogen) atoms. The summed E-state index contributed by atoms with van der Waals surface area (Å²) in [6.45, 7) is 3.18. The number of carbonyl (C=O) groups is 1. The summed E-state index contributed by atoms with van der Waals surface area (Å²) in [7, 11) is 0. The Kier molecular flexibility index (Phi) is 6.14. The summed E-state index contributed by atoms with van der Waals surface area (Å²) in [5.41, 5.74) is 0. The molecule has 2 aliphatic rings. The van der Waals surface area contributed by atoms with Crippen molar-refractivity contribution in [2.24, 2.45) is 11.8 Å². The van der Waals surface area contributed by atoms with E-state index >= 15 is 0 Å². The molecule has 94 valence electrons. The average molecular weight is 247 g/mol. The first kappa shape index (κ1) is 13.8. The molecular formula is C12H23ClN2O. The van der Waals surface area contributed by atoms with Crippen LogP contribution in [0.5, 0.6) is 0 Å². The SMILES string of the molecule is Cl.O=C(CC1CC1)NCCC1CCCNC1. The molecule has 1 saturated heterocycles. The lowest BCUT2D eigenvalue weighted by Crippen LogP contribution is -2.33. The van der Waals surface area contributed by atoms with Crippen LogP contribution >= 0.6 is 12.4 Å². The van der Waals surface area contributed by atoms with Crippen molar-refractivity contribution in [2.75, 3.05) is 19.6 Å². The molecule has 0 aromatic rings. The van der Waals surface area contributed by atoms with Gasteiger partial charge in [0.2, 0.25) is 5.91 Å². The van der Waals surface area contributed by atoms with Crippen LogP contribution in [0.2, 0.25) is 0 Å². The van der Waals surface area contributed by atoms with Crippen molar-refractivity contribution < 1.29 is 4.79 Å². The summed E-state index contributed by atoms with van der Waals surface area (Å²) in [6.07, 6.45) is 7.05. The van der Waals surface area contributed by atoms with E-state index in [1.165, 1.54) is 32.2 Å². The van der Waals surface area contributed by atoms with Gasteiger partial charge in [0.15, 0.2) is 0 Å². The Labute approximate surface area is 104 Å². The van der Waals surface area contributed by atoms with Crippen molar-refractivity contribution in [1.29, 1.82) is 0 Å². The van der Waals surface area contributed by atoms with Crippen LogP contribution in [0.25, 0.3) is 0 Å². The number of rotatable bonds is 5. The Balaban J connectivity index is 0.00000128. The van der Waals surface area contributed by atoms with E-state index in [0.29, 0.717) is 5.92 Å². The molecule has 3 nitrogen and oxygen atoms in total. The molecule has 0 radical (unpaired) electrons. The molecule has 1 amide bonds. The number of hydrogen-bond acceptors (Lipinski definition) is 2. The van der Waals surface area contributed by atoms with Crippen LogP contribution in [0.3, 0.4) is 0 Å². The largest absolute Gasteiger partial charge is 0.356 e. The van der Waals surface area contributed by atoms with E-state index < -0.39 is 0 Å². The van der Waals surface area contributed by atoms with E-state index in [2.05, 4.69) is 10.6 Å². The molecule has 1 atom stereocenters. The fourth-order valence-corrected chi connectivity index (χ4v) is 2.24. The van der Waals surface area contributed by atoms with Crippen LogP contribution in [0.15, 0.2) is 0 Å². The maximum atomic E-state index is 11.4. The molecule has 1 heterocycles. The number of carbonyl (C=O) groups excluding carboxylic acids is 1. The van der Waals surface area contributed by atoms with Gasteiger partial charge in [-0.3, -0.25) is 4.79 Å². The third kappa shape index (κ3) is 5.17. The smallest absolute Gasteiger partial charge is 0.220 e. The lowest BCUT2D eigenvalue weighted by molar-refractivity contribution is -0.121. The minimum Gasteiger partial charge on any atom is -0.356 e. The van der Waals surface area contributed by atoms with E-state index in [-0.39, 0.29) is 18.3 Å². The standard InChI is InChI=1S/C12H22N2O.ClH/c15-12(8-10-3-4-10)14-7-5-11-2-1-6-13-9-11;/h10-11,13H,1-9H2,(H,14,15);1H. The highest BCUT2D eigenvalue weighted by Crippen LogP contribution is 2.32. The molecule has 0 aromatic heterocycles. The number of piperidine rings is 1. The Hall–Kier alpha value is -0.280. The van der Waals surface area contributed by atoms with E-state index in [1.807, 2.05) is 0 Å². The predicted molar refractivity (Wildman–Crippen MR) is 67.8 cm³/mol. The van der Waals surface area contributed by atoms with Crippen molar-refractivity contribution in [1.82, 2.24) is 10.6 Å². The van der Waals surface area contributed by atoms with Crippen LogP contribution in [0, 0.1) is 11.8 Å². The summed E-state index contributed by atoms with van der Waals surface area (Å²) in [5.74, 6) is 1.75. The molecule has 1 aliphatic carbocycles. The molecule has 2 fully saturated rings.